The molecule has 1 aliphatic heterocycles. The normalized spacial score (nSPS) is 15.0. The Bertz CT molecular complexity index is 1230. The van der Waals surface area contributed by atoms with Crippen LogP contribution in [0.4, 0.5) is 11.4 Å². The molecule has 1 aliphatic rings. The van der Waals surface area contributed by atoms with Crippen LogP contribution < -0.4 is 10.2 Å². The molecule has 1 atom stereocenters. The molecule has 8 heteroatoms. The van der Waals surface area contributed by atoms with Gasteiger partial charge in [-0.15, -0.1) is 0 Å². The van der Waals surface area contributed by atoms with Crippen molar-refractivity contribution in [1.29, 1.82) is 0 Å². The van der Waals surface area contributed by atoms with Crippen molar-refractivity contribution in [3.63, 3.8) is 0 Å². The fourth-order valence-corrected chi connectivity index (χ4v) is 4.67. The first kappa shape index (κ1) is 22.4. The van der Waals surface area contributed by atoms with Crippen molar-refractivity contribution >= 4 is 40.0 Å². The molecule has 1 heterocycles. The summed E-state index contributed by atoms with van der Waals surface area (Å²) in [5, 5.41) is 2.78. The fraction of sp³-hybridized carbons (Fsp3) is 0.160. The second-order valence-corrected chi connectivity index (χ2v) is 8.81. The molecule has 3 aromatic rings. The van der Waals surface area contributed by atoms with E-state index in [1.165, 1.54) is 0 Å². The topological polar surface area (TPSA) is 92.8 Å². The van der Waals surface area contributed by atoms with Gasteiger partial charge in [0.25, 0.3) is 5.91 Å². The van der Waals surface area contributed by atoms with Crippen molar-refractivity contribution in [3.8, 4) is 0 Å². The number of fused-ring (bicyclic) bond motifs is 1. The van der Waals surface area contributed by atoms with Crippen molar-refractivity contribution in [2.24, 2.45) is 0 Å². The summed E-state index contributed by atoms with van der Waals surface area (Å²) in [4.78, 5) is 39.4. The first-order valence-corrected chi connectivity index (χ1v) is 11.7. The van der Waals surface area contributed by atoms with Gasteiger partial charge in [-0.1, -0.05) is 30.3 Å². The zero-order valence-electron chi connectivity index (χ0n) is 17.9. The van der Waals surface area contributed by atoms with E-state index in [-0.39, 0.29) is 24.2 Å². The molecule has 33 heavy (non-hydrogen) atoms. The monoisotopic (exact) mass is 462 g/mol. The molecule has 7 nitrogen and oxygen atoms in total. The van der Waals surface area contributed by atoms with E-state index in [0.29, 0.717) is 33.9 Å². The van der Waals surface area contributed by atoms with Gasteiger partial charge in [-0.05, 0) is 55.0 Å². The Kier molecular flexibility index (Phi) is 6.65. The Morgan fingerprint density at radius 3 is 2.39 bits per heavy atom. The number of esters is 1. The summed E-state index contributed by atoms with van der Waals surface area (Å²) < 4.78 is 17.5. The maximum atomic E-state index is 12.9. The number of nitrogens with one attached hydrogen (secondary N) is 1. The summed E-state index contributed by atoms with van der Waals surface area (Å²) in [5.41, 5.74) is 2.63. The highest BCUT2D eigenvalue weighted by Crippen LogP contribution is 2.31. The number of hydrogen-bond donors (Lipinski definition) is 1. The van der Waals surface area contributed by atoms with Crippen LogP contribution in [0.5, 0.6) is 0 Å². The second kappa shape index (κ2) is 9.79. The third kappa shape index (κ3) is 5.01. The van der Waals surface area contributed by atoms with E-state index >= 15 is 0 Å². The summed E-state index contributed by atoms with van der Waals surface area (Å²) >= 11 is 0. The van der Waals surface area contributed by atoms with Gasteiger partial charge in [-0.2, -0.15) is 0 Å². The zero-order chi connectivity index (χ0) is 23.4. The summed E-state index contributed by atoms with van der Waals surface area (Å²) in [6.45, 7) is 2.34. The number of ether oxygens (including phenoxy) is 1. The van der Waals surface area contributed by atoms with E-state index in [0.717, 1.165) is 5.56 Å². The number of carbonyl (C=O) groups is 3. The van der Waals surface area contributed by atoms with E-state index in [2.05, 4.69) is 5.32 Å². The summed E-state index contributed by atoms with van der Waals surface area (Å²) in [6.07, 6.45) is 0. The molecule has 1 N–H and O–H groups in total. The molecule has 2 amide bonds. The molecule has 0 saturated carbocycles. The van der Waals surface area contributed by atoms with Crippen LogP contribution in [0, 0.1) is 0 Å². The van der Waals surface area contributed by atoms with E-state index in [1.54, 1.807) is 54.3 Å². The van der Waals surface area contributed by atoms with E-state index in [4.69, 9.17) is 4.74 Å². The molecule has 0 bridgehead atoms. The summed E-state index contributed by atoms with van der Waals surface area (Å²) in [6, 6.07) is 20.7. The SMILES string of the molecule is CCOC(=O)c1ccc(NC(=O)c2ccc3c(c2)N(Cc2ccccc2)C(=O)C[S@]3=O)cc1. The molecule has 3 aromatic carbocycles. The van der Waals surface area contributed by atoms with Gasteiger partial charge in [0.2, 0.25) is 5.91 Å². The number of carbonyl (C=O) groups excluding carboxylic acids is 3. The molecule has 0 spiro atoms. The van der Waals surface area contributed by atoms with Crippen LogP contribution in [0.1, 0.15) is 33.2 Å². The predicted octanol–water partition coefficient (Wildman–Crippen LogP) is 3.77. The van der Waals surface area contributed by atoms with E-state index < -0.39 is 16.8 Å². The minimum atomic E-state index is -1.46. The van der Waals surface area contributed by atoms with Gasteiger partial charge in [-0.3, -0.25) is 13.8 Å². The van der Waals surface area contributed by atoms with Crippen molar-refractivity contribution in [2.75, 3.05) is 22.6 Å². The summed E-state index contributed by atoms with van der Waals surface area (Å²) in [7, 11) is -1.46. The van der Waals surface area contributed by atoms with Gasteiger partial charge < -0.3 is 15.0 Å². The van der Waals surface area contributed by atoms with Crippen molar-refractivity contribution < 1.29 is 23.3 Å². The van der Waals surface area contributed by atoms with Gasteiger partial charge >= 0.3 is 5.97 Å². The van der Waals surface area contributed by atoms with Crippen molar-refractivity contribution in [3.05, 3.63) is 89.5 Å². The van der Waals surface area contributed by atoms with Gasteiger partial charge in [-0.25, -0.2) is 4.79 Å². The van der Waals surface area contributed by atoms with Gasteiger partial charge in [0.05, 0.1) is 40.1 Å². The Labute approximate surface area is 193 Å². The number of hydrogen-bond acceptors (Lipinski definition) is 5. The lowest BCUT2D eigenvalue weighted by atomic mass is 10.1. The second-order valence-electron chi connectivity index (χ2n) is 7.39. The third-order valence-electron chi connectivity index (χ3n) is 5.15. The maximum Gasteiger partial charge on any atom is 0.338 e. The highest BCUT2D eigenvalue weighted by atomic mass is 32.2. The smallest absolute Gasteiger partial charge is 0.338 e. The highest BCUT2D eigenvalue weighted by molar-refractivity contribution is 7.86. The van der Waals surface area contributed by atoms with Crippen LogP contribution in [-0.4, -0.2) is 34.4 Å². The standard InChI is InChI=1S/C25H22N2O5S/c1-2-32-25(30)18-8-11-20(12-9-18)26-24(29)19-10-13-22-21(14-19)27(23(28)16-33(22)31)15-17-6-4-3-5-7-17/h3-14H,2,15-16H2,1H3,(H,26,29)/t33-/m1/s1. The maximum absolute atomic E-state index is 12.9. The number of rotatable bonds is 6. The van der Waals surface area contributed by atoms with E-state index in [9.17, 15) is 18.6 Å². The molecule has 4 rings (SSSR count). The number of benzene rings is 3. The average molecular weight is 463 g/mol. The fourth-order valence-electron chi connectivity index (χ4n) is 3.51. The predicted molar refractivity (Wildman–Crippen MR) is 126 cm³/mol. The largest absolute Gasteiger partial charge is 0.462 e. The van der Waals surface area contributed by atoms with Gasteiger partial charge in [0.1, 0.15) is 5.75 Å². The number of nitrogens with zero attached hydrogens (tertiary/aromatic N) is 1. The first-order valence-electron chi connectivity index (χ1n) is 10.4. The molecule has 0 aromatic heterocycles. The van der Waals surface area contributed by atoms with Crippen LogP contribution in [0.15, 0.2) is 77.7 Å². The lowest BCUT2D eigenvalue weighted by Gasteiger charge is -2.29. The number of amides is 2. The zero-order valence-corrected chi connectivity index (χ0v) is 18.8. The molecule has 168 valence electrons. The van der Waals surface area contributed by atoms with Gasteiger partial charge in [0.15, 0.2) is 0 Å². The molecular weight excluding hydrogens is 440 g/mol. The average Bonchev–Trinajstić information content (AvgIpc) is 2.82. The quantitative estimate of drug-likeness (QED) is 0.563. The summed E-state index contributed by atoms with van der Waals surface area (Å²) in [5.74, 6) is -1.15. The molecular formula is C25H22N2O5S. The molecule has 0 saturated heterocycles. The molecule has 0 radical (unpaired) electrons. The third-order valence-corrected chi connectivity index (χ3v) is 6.50. The highest BCUT2D eigenvalue weighted by Gasteiger charge is 2.30. The van der Waals surface area contributed by atoms with Gasteiger partial charge in [0, 0.05) is 11.3 Å². The van der Waals surface area contributed by atoms with Crippen molar-refractivity contribution in [1.82, 2.24) is 0 Å². The van der Waals surface area contributed by atoms with Crippen LogP contribution >= 0.6 is 0 Å². The van der Waals surface area contributed by atoms with E-state index in [1.807, 2.05) is 30.3 Å². The number of anilines is 2. The van der Waals surface area contributed by atoms with Crippen molar-refractivity contribution in [2.45, 2.75) is 18.4 Å². The Morgan fingerprint density at radius 2 is 1.70 bits per heavy atom. The van der Waals surface area contributed by atoms with Crippen LogP contribution in [0.25, 0.3) is 0 Å². The lowest BCUT2D eigenvalue weighted by Crippen LogP contribution is -2.38. The lowest BCUT2D eigenvalue weighted by molar-refractivity contribution is -0.116. The molecule has 0 unspecified atom stereocenters. The molecule has 0 fully saturated rings. The minimum absolute atomic E-state index is 0.0851. The van der Waals surface area contributed by atoms with Crippen LogP contribution in [0.3, 0.4) is 0 Å². The van der Waals surface area contributed by atoms with Crippen LogP contribution in [-0.2, 0) is 26.9 Å². The Balaban J connectivity index is 1.57. The van der Waals surface area contributed by atoms with Crippen LogP contribution in [0.2, 0.25) is 0 Å². The first-order chi connectivity index (χ1) is 16.0. The minimum Gasteiger partial charge on any atom is -0.462 e. The Morgan fingerprint density at radius 1 is 1.00 bits per heavy atom. The molecule has 0 aliphatic carbocycles. The Hall–Kier alpha value is -3.78.